The van der Waals surface area contributed by atoms with Crippen LogP contribution in [0.3, 0.4) is 0 Å². The summed E-state index contributed by atoms with van der Waals surface area (Å²) in [6.45, 7) is 7.44. The number of benzene rings is 1. The topological polar surface area (TPSA) is 83.4 Å². The van der Waals surface area contributed by atoms with E-state index < -0.39 is 6.43 Å². The summed E-state index contributed by atoms with van der Waals surface area (Å²) < 4.78 is 31.7. The molecule has 3 heterocycles. The highest BCUT2D eigenvalue weighted by Crippen LogP contribution is 2.38. The van der Waals surface area contributed by atoms with Crippen LogP contribution in [-0.2, 0) is 0 Å². The predicted molar refractivity (Wildman–Crippen MR) is 93.1 cm³/mol. The molecule has 0 saturated carbocycles. The first-order valence-electron chi connectivity index (χ1n) is 8.13. The van der Waals surface area contributed by atoms with Crippen molar-refractivity contribution in [3.63, 3.8) is 0 Å². The summed E-state index contributed by atoms with van der Waals surface area (Å²) >= 11 is 0. The third-order valence-corrected chi connectivity index (χ3v) is 4.53. The highest BCUT2D eigenvalue weighted by Gasteiger charge is 2.21. The summed E-state index contributed by atoms with van der Waals surface area (Å²) in [7, 11) is 0. The van der Waals surface area contributed by atoms with Gasteiger partial charge in [0.25, 0.3) is 6.43 Å². The fourth-order valence-corrected chi connectivity index (χ4v) is 3.42. The molecule has 0 aliphatic rings. The summed E-state index contributed by atoms with van der Waals surface area (Å²) in [5.74, 6) is 0.318. The van der Waals surface area contributed by atoms with E-state index in [0.29, 0.717) is 16.8 Å². The molecule has 3 aromatic heterocycles. The molecule has 2 N–H and O–H groups in total. The molecule has 0 bridgehead atoms. The normalized spacial score (nSPS) is 11.8. The first-order valence-corrected chi connectivity index (χ1v) is 8.13. The molecule has 0 unspecified atom stereocenters. The first-order chi connectivity index (χ1) is 12.4. The Hall–Kier alpha value is -3.03. The van der Waals surface area contributed by atoms with Crippen LogP contribution in [0.1, 0.15) is 35.1 Å². The van der Waals surface area contributed by atoms with Crippen molar-refractivity contribution in [1.82, 2.24) is 25.3 Å². The van der Waals surface area contributed by atoms with E-state index in [2.05, 4.69) is 25.3 Å². The van der Waals surface area contributed by atoms with Crippen molar-refractivity contribution >= 4 is 11.0 Å². The molecule has 26 heavy (non-hydrogen) atoms. The summed E-state index contributed by atoms with van der Waals surface area (Å²) in [4.78, 5) is 6.87. The van der Waals surface area contributed by atoms with Crippen molar-refractivity contribution in [3.8, 4) is 22.3 Å². The average Bonchev–Trinajstić information content (AvgIpc) is 3.25. The van der Waals surface area contributed by atoms with Gasteiger partial charge in [-0.2, -0.15) is 5.10 Å². The Morgan fingerprint density at radius 3 is 2.38 bits per heavy atom. The van der Waals surface area contributed by atoms with Gasteiger partial charge in [-0.15, -0.1) is 0 Å². The molecule has 0 fully saturated rings. The van der Waals surface area contributed by atoms with E-state index in [1.165, 1.54) is 0 Å². The molecule has 8 heteroatoms. The fourth-order valence-electron chi connectivity index (χ4n) is 3.42. The molecule has 1 aromatic carbocycles. The molecule has 0 saturated heterocycles. The highest BCUT2D eigenvalue weighted by molar-refractivity contribution is 5.97. The van der Waals surface area contributed by atoms with E-state index in [1.807, 2.05) is 33.8 Å². The van der Waals surface area contributed by atoms with Gasteiger partial charge in [0.2, 0.25) is 0 Å². The first kappa shape index (κ1) is 16.4. The molecule has 0 aliphatic heterocycles. The monoisotopic (exact) mass is 357 g/mol. The van der Waals surface area contributed by atoms with Gasteiger partial charge in [-0.3, -0.25) is 5.10 Å². The highest BCUT2D eigenvalue weighted by atomic mass is 19.3. The van der Waals surface area contributed by atoms with Gasteiger partial charge in [0.15, 0.2) is 5.82 Å². The van der Waals surface area contributed by atoms with Crippen LogP contribution in [0.2, 0.25) is 0 Å². The van der Waals surface area contributed by atoms with E-state index in [9.17, 15) is 8.78 Å². The van der Waals surface area contributed by atoms with Crippen LogP contribution in [0.4, 0.5) is 8.78 Å². The van der Waals surface area contributed by atoms with E-state index >= 15 is 0 Å². The number of hydrogen-bond acceptors (Lipinski definition) is 4. The Labute approximate surface area is 147 Å². The van der Waals surface area contributed by atoms with Crippen LogP contribution < -0.4 is 0 Å². The average molecular weight is 357 g/mol. The van der Waals surface area contributed by atoms with Crippen molar-refractivity contribution in [2.45, 2.75) is 34.1 Å². The molecule has 0 spiro atoms. The number of fused-ring (bicyclic) bond motifs is 1. The SMILES string of the molecule is Cc1n[nH]c(C)c1-c1cc(-c2c(C)noc2C)cc2[nH]c(C(F)F)nc12. The Morgan fingerprint density at radius 2 is 1.81 bits per heavy atom. The summed E-state index contributed by atoms with van der Waals surface area (Å²) in [6, 6.07) is 3.73. The zero-order valence-corrected chi connectivity index (χ0v) is 14.7. The second-order valence-corrected chi connectivity index (χ2v) is 6.35. The zero-order chi connectivity index (χ0) is 18.6. The van der Waals surface area contributed by atoms with Crippen LogP contribution in [-0.4, -0.2) is 25.3 Å². The maximum Gasteiger partial charge on any atom is 0.295 e. The van der Waals surface area contributed by atoms with E-state index in [4.69, 9.17) is 4.52 Å². The number of alkyl halides is 2. The predicted octanol–water partition coefficient (Wildman–Crippen LogP) is 4.78. The number of nitrogens with one attached hydrogen (secondary N) is 2. The number of aromatic amines is 2. The number of halogens is 2. The van der Waals surface area contributed by atoms with Gasteiger partial charge in [-0.25, -0.2) is 13.8 Å². The molecular formula is C18H17F2N5O. The maximum atomic E-state index is 13.2. The molecule has 0 atom stereocenters. The molecule has 0 aliphatic carbocycles. The van der Waals surface area contributed by atoms with Crippen molar-refractivity contribution in [2.24, 2.45) is 0 Å². The zero-order valence-electron chi connectivity index (χ0n) is 14.7. The minimum atomic E-state index is -2.68. The van der Waals surface area contributed by atoms with Crippen LogP contribution >= 0.6 is 0 Å². The number of aromatic nitrogens is 5. The molecule has 4 aromatic rings. The molecule has 0 radical (unpaired) electrons. The Morgan fingerprint density at radius 1 is 1.04 bits per heavy atom. The van der Waals surface area contributed by atoms with Crippen molar-refractivity contribution in [2.75, 3.05) is 0 Å². The molecule has 0 amide bonds. The summed E-state index contributed by atoms with van der Waals surface area (Å²) in [5, 5.41) is 11.2. The lowest BCUT2D eigenvalue weighted by Gasteiger charge is -2.08. The lowest BCUT2D eigenvalue weighted by atomic mass is 9.96. The number of rotatable bonds is 3. The van der Waals surface area contributed by atoms with Crippen molar-refractivity contribution in [3.05, 3.63) is 40.8 Å². The number of aryl methyl sites for hydroxylation is 4. The number of H-pyrrole nitrogens is 2. The van der Waals surface area contributed by atoms with Gasteiger partial charge in [-0.05, 0) is 45.4 Å². The largest absolute Gasteiger partial charge is 0.361 e. The van der Waals surface area contributed by atoms with Crippen molar-refractivity contribution < 1.29 is 13.3 Å². The lowest BCUT2D eigenvalue weighted by molar-refractivity contribution is 0.142. The molecule has 4 rings (SSSR count). The number of hydrogen-bond donors (Lipinski definition) is 2. The standard InChI is InChI=1S/C18H17F2N5O/c1-7-14(8(2)24-23-7)12-5-11(15-9(3)25-26-10(15)4)6-13-16(12)22-18(21-13)17(19)20/h5-6,17H,1-4H3,(H,21,22)(H,23,24). The Kier molecular flexibility index (Phi) is 3.64. The van der Waals surface area contributed by atoms with E-state index in [0.717, 1.165) is 39.3 Å². The van der Waals surface area contributed by atoms with Crippen LogP contribution in [0, 0.1) is 27.7 Å². The fraction of sp³-hybridized carbons (Fsp3) is 0.278. The van der Waals surface area contributed by atoms with Crippen LogP contribution in [0.25, 0.3) is 33.3 Å². The second-order valence-electron chi connectivity index (χ2n) is 6.35. The molecule has 134 valence electrons. The van der Waals surface area contributed by atoms with Crippen LogP contribution in [0.5, 0.6) is 0 Å². The van der Waals surface area contributed by atoms with Gasteiger partial charge in [-0.1, -0.05) is 5.16 Å². The quantitative estimate of drug-likeness (QED) is 0.553. The Bertz CT molecular complexity index is 1080. The Balaban J connectivity index is 2.08. The lowest BCUT2D eigenvalue weighted by Crippen LogP contribution is -1.89. The van der Waals surface area contributed by atoms with Gasteiger partial charge in [0.1, 0.15) is 5.76 Å². The van der Waals surface area contributed by atoms with Gasteiger partial charge in [0, 0.05) is 22.4 Å². The molecule has 6 nitrogen and oxygen atoms in total. The smallest absolute Gasteiger partial charge is 0.295 e. The second kappa shape index (κ2) is 5.76. The maximum absolute atomic E-state index is 13.2. The number of nitrogens with zero attached hydrogens (tertiary/aromatic N) is 3. The molecular weight excluding hydrogens is 340 g/mol. The minimum Gasteiger partial charge on any atom is -0.361 e. The van der Waals surface area contributed by atoms with Crippen molar-refractivity contribution in [1.29, 1.82) is 0 Å². The van der Waals surface area contributed by atoms with Crippen LogP contribution in [0.15, 0.2) is 16.7 Å². The van der Waals surface area contributed by atoms with E-state index in [1.54, 1.807) is 6.07 Å². The summed E-state index contributed by atoms with van der Waals surface area (Å²) in [6.07, 6.45) is -2.68. The number of imidazole rings is 1. The third-order valence-electron chi connectivity index (χ3n) is 4.53. The van der Waals surface area contributed by atoms with Gasteiger partial charge >= 0.3 is 0 Å². The third kappa shape index (κ3) is 2.40. The van der Waals surface area contributed by atoms with E-state index in [-0.39, 0.29) is 5.82 Å². The summed E-state index contributed by atoms with van der Waals surface area (Å²) in [5.41, 5.74) is 6.66. The minimum absolute atomic E-state index is 0.351. The van der Waals surface area contributed by atoms with Gasteiger partial charge in [0.05, 0.1) is 22.4 Å². The van der Waals surface area contributed by atoms with Gasteiger partial charge < -0.3 is 9.51 Å².